The van der Waals surface area contributed by atoms with E-state index in [-0.39, 0.29) is 18.5 Å². The number of primary amides is 1. The van der Waals surface area contributed by atoms with Gasteiger partial charge in [0.25, 0.3) is 5.91 Å². The third-order valence-corrected chi connectivity index (χ3v) is 6.79. The first-order chi connectivity index (χ1) is 17.9. The van der Waals surface area contributed by atoms with Gasteiger partial charge in [0.05, 0.1) is 6.20 Å². The third-order valence-electron chi connectivity index (χ3n) is 6.79. The van der Waals surface area contributed by atoms with E-state index < -0.39 is 17.9 Å². The largest absolute Gasteiger partial charge is 0.454 e. The van der Waals surface area contributed by atoms with E-state index in [1.165, 1.54) is 31.5 Å². The highest BCUT2D eigenvalue weighted by Crippen LogP contribution is 2.35. The number of nitrogens with zero attached hydrogens (tertiary/aromatic N) is 1. The zero-order valence-electron chi connectivity index (χ0n) is 21.7. The number of hydrogen-bond acceptors (Lipinski definition) is 7. The minimum Gasteiger partial charge on any atom is -0.454 e. The molecule has 3 amide bonds. The van der Waals surface area contributed by atoms with Crippen LogP contribution in [0.15, 0.2) is 35.0 Å². The average Bonchev–Trinajstić information content (AvgIpc) is 3.61. The third kappa shape index (κ3) is 8.80. The molecule has 37 heavy (non-hydrogen) atoms. The van der Waals surface area contributed by atoms with Gasteiger partial charge in [-0.1, -0.05) is 69.7 Å². The molecule has 2 atom stereocenters. The van der Waals surface area contributed by atoms with Crippen molar-refractivity contribution in [3.63, 3.8) is 0 Å². The zero-order chi connectivity index (χ0) is 26.6. The normalized spacial score (nSPS) is 16.2. The summed E-state index contributed by atoms with van der Waals surface area (Å²) in [5.41, 5.74) is 6.32. The number of hydrogen-bond donors (Lipinski definition) is 3. The van der Waals surface area contributed by atoms with Crippen molar-refractivity contribution in [2.45, 2.75) is 77.8 Å². The molecule has 0 bridgehead atoms. The van der Waals surface area contributed by atoms with E-state index in [2.05, 4.69) is 29.6 Å². The van der Waals surface area contributed by atoms with Crippen LogP contribution in [0.2, 0.25) is 0 Å². The molecule has 202 valence electrons. The number of amides is 3. The van der Waals surface area contributed by atoms with E-state index in [0.717, 1.165) is 36.3 Å². The van der Waals surface area contributed by atoms with Crippen molar-refractivity contribution in [3.05, 3.63) is 41.8 Å². The summed E-state index contributed by atoms with van der Waals surface area (Å²) in [5.74, 6) is 1.61. The number of nitrogens with one attached hydrogen (secondary N) is 2. The first kappa shape index (κ1) is 28.0. The van der Waals surface area contributed by atoms with Crippen LogP contribution in [0.5, 0.6) is 11.5 Å². The highest BCUT2D eigenvalue weighted by Gasteiger charge is 2.25. The molecule has 2 aliphatic rings. The number of nitrogens with two attached hydrogens (primary N) is 1. The molecule has 4 rings (SSSR count). The molecule has 0 saturated heterocycles. The molecular formula is C27H38N4O6. The Morgan fingerprint density at radius 1 is 1.14 bits per heavy atom. The average molecular weight is 515 g/mol. The Balaban J connectivity index is 0.000000206. The maximum Gasteiger partial charge on any atom is 0.290 e. The van der Waals surface area contributed by atoms with E-state index in [0.29, 0.717) is 31.2 Å². The van der Waals surface area contributed by atoms with E-state index in [4.69, 9.17) is 19.7 Å². The second kappa shape index (κ2) is 14.2. The molecule has 0 radical (unpaired) electrons. The fourth-order valence-electron chi connectivity index (χ4n) is 4.42. The molecule has 4 N–H and O–H groups in total. The number of carbonyl (C=O) groups is 3. The summed E-state index contributed by atoms with van der Waals surface area (Å²) in [6.45, 7) is 4.92. The lowest BCUT2D eigenvalue weighted by molar-refractivity contribution is -0.122. The molecule has 2 aromatic rings. The van der Waals surface area contributed by atoms with Crippen LogP contribution in [0.25, 0.3) is 0 Å². The predicted molar refractivity (Wildman–Crippen MR) is 137 cm³/mol. The zero-order valence-corrected chi connectivity index (χ0v) is 21.7. The van der Waals surface area contributed by atoms with Gasteiger partial charge < -0.3 is 30.4 Å². The second-order valence-corrected chi connectivity index (χ2v) is 9.69. The molecule has 2 unspecified atom stereocenters. The molecule has 1 aromatic heterocycles. The van der Waals surface area contributed by atoms with Crippen molar-refractivity contribution in [2.75, 3.05) is 6.79 Å². The van der Waals surface area contributed by atoms with E-state index in [9.17, 15) is 14.4 Å². The smallest absolute Gasteiger partial charge is 0.290 e. The van der Waals surface area contributed by atoms with Gasteiger partial charge in [0.1, 0.15) is 6.04 Å². The molecule has 1 fully saturated rings. The van der Waals surface area contributed by atoms with E-state index in [1.54, 1.807) is 0 Å². The van der Waals surface area contributed by atoms with Crippen molar-refractivity contribution >= 4 is 17.7 Å². The Hall–Kier alpha value is -3.56. The lowest BCUT2D eigenvalue weighted by Gasteiger charge is -2.25. The number of aromatic nitrogens is 1. The Morgan fingerprint density at radius 2 is 1.92 bits per heavy atom. The molecule has 2 heterocycles. The number of para-hydroxylation sites is 1. The van der Waals surface area contributed by atoms with Gasteiger partial charge in [-0.25, -0.2) is 0 Å². The highest BCUT2D eigenvalue weighted by atomic mass is 16.7. The van der Waals surface area contributed by atoms with Gasteiger partial charge in [0.2, 0.25) is 24.4 Å². The number of ether oxygens (including phenoxy) is 2. The number of fused-ring (bicyclic) bond motifs is 1. The summed E-state index contributed by atoms with van der Waals surface area (Å²) in [6, 6.07) is 6.53. The lowest BCUT2D eigenvalue weighted by Crippen LogP contribution is -2.45. The maximum atomic E-state index is 11.8. The number of carbonyl (C=O) groups excluding carboxylic acids is 3. The van der Waals surface area contributed by atoms with Crippen molar-refractivity contribution in [1.82, 2.24) is 15.8 Å². The Kier molecular flexibility index (Phi) is 10.8. The van der Waals surface area contributed by atoms with Crippen molar-refractivity contribution in [1.29, 1.82) is 0 Å². The monoisotopic (exact) mass is 514 g/mol. The molecule has 10 nitrogen and oxygen atoms in total. The molecule has 1 saturated carbocycles. The van der Waals surface area contributed by atoms with Crippen LogP contribution in [-0.4, -0.2) is 35.7 Å². The van der Waals surface area contributed by atoms with Crippen LogP contribution in [0.1, 0.15) is 81.3 Å². The van der Waals surface area contributed by atoms with Crippen molar-refractivity contribution in [3.8, 4) is 11.5 Å². The highest BCUT2D eigenvalue weighted by molar-refractivity contribution is 5.95. The molecule has 10 heteroatoms. The summed E-state index contributed by atoms with van der Waals surface area (Å²) in [6.07, 6.45) is 9.41. The van der Waals surface area contributed by atoms with Gasteiger partial charge in [0, 0.05) is 24.6 Å². The topological polar surface area (TPSA) is 146 Å². The molecular weight excluding hydrogens is 476 g/mol. The summed E-state index contributed by atoms with van der Waals surface area (Å²) < 4.78 is 15.4. The molecule has 0 spiro atoms. The first-order valence-electron chi connectivity index (χ1n) is 13.0. The fourth-order valence-corrected chi connectivity index (χ4v) is 4.42. The van der Waals surface area contributed by atoms with Crippen LogP contribution < -0.4 is 25.8 Å². The van der Waals surface area contributed by atoms with Crippen LogP contribution >= 0.6 is 0 Å². The minimum atomic E-state index is -0.638. The van der Waals surface area contributed by atoms with Crippen LogP contribution in [0.3, 0.4) is 0 Å². The first-order valence-corrected chi connectivity index (χ1v) is 13.0. The number of benzene rings is 1. The molecule has 1 aliphatic carbocycles. The predicted octanol–water partition coefficient (Wildman–Crippen LogP) is 3.70. The maximum absolute atomic E-state index is 11.8. The van der Waals surface area contributed by atoms with Gasteiger partial charge in [0.15, 0.2) is 11.5 Å². The molecule has 1 aliphatic heterocycles. The van der Waals surface area contributed by atoms with Crippen LogP contribution in [0, 0.1) is 11.8 Å². The standard InChI is InChI=1S/C14H19NO3.C13H19N3O3/c1-3-10(2)7-13(16)15-8-11-5-4-6-12-14(11)18-9-17-12;14-12(17)10(8-9-4-2-1-3-5-9)16-13(18)11-6-7-15-19-11/h4-6,10H,3,7-9H2,1-2H3,(H,15,16);6-7,9-10H,1-5,8H2,(H2,14,17)(H,16,18). The van der Waals surface area contributed by atoms with Gasteiger partial charge in [-0.3, -0.25) is 14.4 Å². The summed E-state index contributed by atoms with van der Waals surface area (Å²) in [4.78, 5) is 35.0. The van der Waals surface area contributed by atoms with Gasteiger partial charge in [-0.05, 0) is 24.3 Å². The Labute approximate surface area is 217 Å². The Morgan fingerprint density at radius 3 is 2.59 bits per heavy atom. The summed E-state index contributed by atoms with van der Waals surface area (Å²) in [5, 5.41) is 9.00. The second-order valence-electron chi connectivity index (χ2n) is 9.69. The summed E-state index contributed by atoms with van der Waals surface area (Å²) in [7, 11) is 0. The minimum absolute atomic E-state index is 0.0841. The van der Waals surface area contributed by atoms with Gasteiger partial charge in [-0.15, -0.1) is 0 Å². The van der Waals surface area contributed by atoms with E-state index in [1.807, 2.05) is 18.2 Å². The Bertz CT molecular complexity index is 1020. The van der Waals surface area contributed by atoms with Gasteiger partial charge >= 0.3 is 0 Å². The van der Waals surface area contributed by atoms with Gasteiger partial charge in [-0.2, -0.15) is 0 Å². The van der Waals surface area contributed by atoms with Crippen molar-refractivity contribution in [2.24, 2.45) is 17.6 Å². The quantitative estimate of drug-likeness (QED) is 0.438. The summed E-state index contributed by atoms with van der Waals surface area (Å²) >= 11 is 0. The van der Waals surface area contributed by atoms with Crippen molar-refractivity contribution < 1.29 is 28.4 Å². The number of rotatable bonds is 10. The van der Waals surface area contributed by atoms with E-state index >= 15 is 0 Å². The lowest BCUT2D eigenvalue weighted by atomic mass is 9.84. The van der Waals surface area contributed by atoms with Crippen LogP contribution in [0.4, 0.5) is 0 Å². The fraction of sp³-hybridized carbons (Fsp3) is 0.556. The molecule has 1 aromatic carbocycles. The van der Waals surface area contributed by atoms with Crippen LogP contribution in [-0.2, 0) is 16.1 Å². The SMILES string of the molecule is CCC(C)CC(=O)NCc1cccc2c1OCO2.NC(=O)C(CC1CCCCC1)NC(=O)c1ccno1.